The van der Waals surface area contributed by atoms with Gasteiger partial charge in [0, 0.05) is 60.8 Å². The van der Waals surface area contributed by atoms with Crippen LogP contribution in [0.3, 0.4) is 0 Å². The Balaban J connectivity index is 0.000000230. The van der Waals surface area contributed by atoms with Crippen LogP contribution in [0.4, 0.5) is 4.79 Å². The molecule has 1 aliphatic carbocycles. The number of amides is 4. The highest BCUT2D eigenvalue weighted by Gasteiger charge is 2.39. The van der Waals surface area contributed by atoms with Crippen LogP contribution in [-0.4, -0.2) is 51.8 Å². The van der Waals surface area contributed by atoms with Crippen molar-refractivity contribution in [2.75, 3.05) is 0 Å². The molecule has 0 aromatic heterocycles. The first kappa shape index (κ1) is 42.5. The molecular formula is C46H58N6O5. The van der Waals surface area contributed by atoms with E-state index in [0.717, 1.165) is 66.0 Å². The summed E-state index contributed by atoms with van der Waals surface area (Å²) >= 11 is 0. The van der Waals surface area contributed by atoms with Crippen molar-refractivity contribution in [2.45, 2.75) is 117 Å². The summed E-state index contributed by atoms with van der Waals surface area (Å²) in [6.45, 7) is 20.5. The van der Waals surface area contributed by atoms with E-state index < -0.39 is 18.0 Å². The van der Waals surface area contributed by atoms with Crippen LogP contribution >= 0.6 is 0 Å². The lowest BCUT2D eigenvalue weighted by atomic mass is 9.77. The van der Waals surface area contributed by atoms with E-state index in [1.807, 2.05) is 26.0 Å². The largest absolute Gasteiger partial charge is 0.446 e. The monoisotopic (exact) mass is 774 g/mol. The highest BCUT2D eigenvalue weighted by atomic mass is 16.6. The van der Waals surface area contributed by atoms with E-state index in [9.17, 15) is 19.2 Å². The molecular weight excluding hydrogens is 717 g/mol. The number of imide groups is 1. The summed E-state index contributed by atoms with van der Waals surface area (Å²) in [5.74, 6) is -0.542. The Bertz CT molecular complexity index is 2030. The minimum Gasteiger partial charge on any atom is -0.446 e. The third-order valence-electron chi connectivity index (χ3n) is 11.2. The number of nitrogens with zero attached hydrogens (tertiary/aromatic N) is 2. The second kappa shape index (κ2) is 18.5. The molecule has 3 aromatic carbocycles. The van der Waals surface area contributed by atoms with Crippen LogP contribution in [0.25, 0.3) is 5.70 Å². The van der Waals surface area contributed by atoms with Crippen LogP contribution in [0.5, 0.6) is 0 Å². The number of hydrogen-bond donors (Lipinski definition) is 4. The fraction of sp³-hybridized carbons (Fsp3) is 0.391. The molecule has 11 heteroatoms. The topological polar surface area (TPSA) is 146 Å². The molecule has 1 saturated carbocycles. The summed E-state index contributed by atoms with van der Waals surface area (Å²) in [6.07, 6.45) is 3.66. The lowest BCUT2D eigenvalue weighted by Gasteiger charge is -2.36. The SMILES string of the molecule is C.C=C1CCC(N2Cc3ccc(CN)cc3C2=C)C(=C)N1.CC.Cc1ccc(C2CC(OC(=O)NCc3ccc4c(c3)C(=O)N(C3CCC(=O)NC3=O)C4)C2)cc1. The zero-order valence-corrected chi connectivity index (χ0v) is 32.8. The fourth-order valence-corrected chi connectivity index (χ4v) is 7.94. The summed E-state index contributed by atoms with van der Waals surface area (Å²) in [7, 11) is 0. The highest BCUT2D eigenvalue weighted by molar-refractivity contribution is 6.05. The average Bonchev–Trinajstić information content (AvgIpc) is 3.68. The molecule has 4 heterocycles. The van der Waals surface area contributed by atoms with Gasteiger partial charge in [0.25, 0.3) is 5.91 Å². The molecule has 4 aliphatic heterocycles. The van der Waals surface area contributed by atoms with Gasteiger partial charge in [-0.2, -0.15) is 0 Å². The molecule has 5 N–H and O–H groups in total. The Kier molecular flexibility index (Phi) is 13.8. The molecule has 3 fully saturated rings. The van der Waals surface area contributed by atoms with Gasteiger partial charge in [0.15, 0.2) is 0 Å². The molecule has 8 rings (SSSR count). The number of fused-ring (bicyclic) bond motifs is 2. The maximum atomic E-state index is 12.9. The summed E-state index contributed by atoms with van der Waals surface area (Å²) in [5.41, 5.74) is 17.2. The molecule has 5 aliphatic rings. The predicted molar refractivity (Wildman–Crippen MR) is 224 cm³/mol. The maximum Gasteiger partial charge on any atom is 0.407 e. The van der Waals surface area contributed by atoms with E-state index in [1.165, 1.54) is 27.2 Å². The van der Waals surface area contributed by atoms with E-state index in [4.69, 9.17) is 10.5 Å². The van der Waals surface area contributed by atoms with E-state index >= 15 is 0 Å². The number of aryl methyl sites for hydroxylation is 1. The number of alkyl carbamates (subject to hydrolysis) is 1. The first-order chi connectivity index (χ1) is 27.0. The number of ether oxygens (including phenoxy) is 1. The van der Waals surface area contributed by atoms with Gasteiger partial charge in [0.05, 0.1) is 6.04 Å². The standard InChI is InChI=1S/C26H27N3O5.C17H21N3.C2H6.CH4/c1-15-2-5-17(6-3-15)19-11-20(12-19)34-26(33)27-13-16-4-7-18-14-29(25(32)21(18)10-16)22-8-9-23(30)28-24(22)31;1-11-4-7-17(12(2)19-11)20-10-15-6-5-14(9-18)8-16(15)13(20)3;1-2;/h2-7,10,19-20,22H,8-9,11-14H2,1H3,(H,27,33)(H,28,30,31);5-6,8,17,19H,1-4,7,9-10,18H2;1-2H3;1H4. The Morgan fingerprint density at radius 2 is 1.47 bits per heavy atom. The summed E-state index contributed by atoms with van der Waals surface area (Å²) < 4.78 is 5.52. The second-order valence-electron chi connectivity index (χ2n) is 14.9. The van der Waals surface area contributed by atoms with Gasteiger partial charge in [-0.25, -0.2) is 4.79 Å². The molecule has 0 radical (unpaired) electrons. The summed E-state index contributed by atoms with van der Waals surface area (Å²) in [5, 5.41) is 8.35. The molecule has 57 heavy (non-hydrogen) atoms. The number of piperidine rings is 2. The van der Waals surface area contributed by atoms with Crippen LogP contribution in [0.15, 0.2) is 91.8 Å². The van der Waals surface area contributed by atoms with Crippen molar-refractivity contribution < 1.29 is 23.9 Å². The third kappa shape index (κ3) is 9.48. The highest BCUT2D eigenvalue weighted by Crippen LogP contribution is 2.39. The predicted octanol–water partition coefficient (Wildman–Crippen LogP) is 7.30. The Morgan fingerprint density at radius 1 is 0.842 bits per heavy atom. The molecule has 0 bridgehead atoms. The summed E-state index contributed by atoms with van der Waals surface area (Å²) in [6, 6.07) is 20.0. The molecule has 302 valence electrons. The van der Waals surface area contributed by atoms with Crippen LogP contribution in [0.1, 0.15) is 115 Å². The van der Waals surface area contributed by atoms with E-state index in [2.05, 4.69) is 90.0 Å². The molecule has 2 saturated heterocycles. The zero-order chi connectivity index (χ0) is 40.1. The molecule has 0 spiro atoms. The molecule has 11 nitrogen and oxygen atoms in total. The minimum atomic E-state index is -0.639. The van der Waals surface area contributed by atoms with Gasteiger partial charge in [-0.15, -0.1) is 0 Å². The van der Waals surface area contributed by atoms with Crippen molar-refractivity contribution in [2.24, 2.45) is 5.73 Å². The van der Waals surface area contributed by atoms with Crippen molar-refractivity contribution in [3.8, 4) is 0 Å². The van der Waals surface area contributed by atoms with Gasteiger partial charge in [0.2, 0.25) is 11.8 Å². The fourth-order valence-electron chi connectivity index (χ4n) is 7.94. The van der Waals surface area contributed by atoms with E-state index in [-0.39, 0.29) is 38.3 Å². The van der Waals surface area contributed by atoms with Crippen molar-refractivity contribution in [3.63, 3.8) is 0 Å². The normalized spacial score (nSPS) is 22.0. The van der Waals surface area contributed by atoms with Crippen molar-refractivity contribution in [1.82, 2.24) is 25.8 Å². The van der Waals surface area contributed by atoms with Crippen molar-refractivity contribution in [1.29, 1.82) is 0 Å². The number of nitrogens with one attached hydrogen (secondary N) is 3. The minimum absolute atomic E-state index is 0. The van der Waals surface area contributed by atoms with Gasteiger partial charge in [-0.05, 0) is 84.9 Å². The maximum absolute atomic E-state index is 12.9. The van der Waals surface area contributed by atoms with Gasteiger partial charge >= 0.3 is 6.09 Å². The Labute approximate surface area is 337 Å². The number of carbonyl (C=O) groups excluding carboxylic acids is 4. The lowest BCUT2D eigenvalue weighted by molar-refractivity contribution is -0.136. The Morgan fingerprint density at radius 3 is 2.14 bits per heavy atom. The molecule has 2 unspecified atom stereocenters. The first-order valence-electron chi connectivity index (χ1n) is 19.7. The Hall–Kier alpha value is -5.68. The van der Waals surface area contributed by atoms with Gasteiger partial charge in [0.1, 0.15) is 12.1 Å². The lowest BCUT2D eigenvalue weighted by Crippen LogP contribution is -2.52. The molecule has 2 atom stereocenters. The third-order valence-corrected chi connectivity index (χ3v) is 11.2. The van der Waals surface area contributed by atoms with E-state index in [0.29, 0.717) is 37.0 Å². The van der Waals surface area contributed by atoms with Gasteiger partial charge < -0.3 is 30.9 Å². The smallest absolute Gasteiger partial charge is 0.407 e. The average molecular weight is 775 g/mol. The van der Waals surface area contributed by atoms with Crippen LogP contribution in [0, 0.1) is 6.92 Å². The number of rotatable bonds is 7. The van der Waals surface area contributed by atoms with Crippen LogP contribution in [0.2, 0.25) is 0 Å². The van der Waals surface area contributed by atoms with Crippen molar-refractivity contribution in [3.05, 3.63) is 136 Å². The van der Waals surface area contributed by atoms with Crippen LogP contribution in [-0.2, 0) is 40.5 Å². The summed E-state index contributed by atoms with van der Waals surface area (Å²) in [4.78, 5) is 52.6. The quantitative estimate of drug-likeness (QED) is 0.183. The molecule has 4 amide bonds. The van der Waals surface area contributed by atoms with E-state index in [1.54, 1.807) is 6.07 Å². The van der Waals surface area contributed by atoms with Gasteiger partial charge in [-0.3, -0.25) is 19.7 Å². The van der Waals surface area contributed by atoms with Crippen molar-refractivity contribution >= 4 is 29.5 Å². The number of allylic oxidation sites excluding steroid dienone is 1. The number of nitrogens with two attached hydrogens (primary N) is 1. The first-order valence-corrected chi connectivity index (χ1v) is 19.7. The molecule has 3 aromatic rings. The zero-order valence-electron chi connectivity index (χ0n) is 32.8. The van der Waals surface area contributed by atoms with Crippen LogP contribution < -0.4 is 21.7 Å². The number of hydrogen-bond acceptors (Lipinski definition) is 8. The van der Waals surface area contributed by atoms with Gasteiger partial charge in [-0.1, -0.05) is 95.1 Å². The second-order valence-corrected chi connectivity index (χ2v) is 14.9. The number of carbonyl (C=O) groups is 4. The number of benzene rings is 3.